The summed E-state index contributed by atoms with van der Waals surface area (Å²) in [5.41, 5.74) is 0. The molecule has 0 aromatic rings. The van der Waals surface area contributed by atoms with E-state index in [1.54, 1.807) is 21.1 Å². The predicted octanol–water partition coefficient (Wildman–Crippen LogP) is 8.35. The number of hydrogen-bond acceptors (Lipinski definition) is 7. The van der Waals surface area contributed by atoms with Crippen LogP contribution in [-0.2, 0) is 28.6 Å². The maximum absolute atomic E-state index is 12.6. The van der Waals surface area contributed by atoms with E-state index in [2.05, 4.69) is 62.5 Å². The van der Waals surface area contributed by atoms with Gasteiger partial charge in [0, 0.05) is 19.3 Å². The standard InChI is InChI=1S/C41H71NO7/c1-6-8-10-12-14-16-18-19-20-22-24-26-28-30-32-40(44)49-37(35-47-34-33-38(41(45)46)42(3,4)5)36-48-39(43)31-29-27-25-23-21-17-15-13-11-9-7-2/h8,10,13-16,19-20,37-38H,6-7,9,11-12,17-18,21-36H2,1-5H3/b10-8+,15-13+,16-14+,20-19+. The number of nitrogens with zero attached hydrogens (tertiary/aromatic N) is 1. The molecule has 49 heavy (non-hydrogen) atoms. The SMILES string of the molecule is CC/C=C/C/C=C/C/C=C/CCCCCCC(=O)OC(COCCC(C(=O)[O-])[N+](C)(C)C)COC(=O)CCCCCCC/C=C/CCCC. The topological polar surface area (TPSA) is 102 Å². The van der Waals surface area contributed by atoms with Crippen LogP contribution in [0.15, 0.2) is 48.6 Å². The van der Waals surface area contributed by atoms with Gasteiger partial charge < -0.3 is 28.6 Å². The van der Waals surface area contributed by atoms with Crippen LogP contribution in [0.3, 0.4) is 0 Å². The van der Waals surface area contributed by atoms with Crippen LogP contribution < -0.4 is 5.11 Å². The molecular weight excluding hydrogens is 618 g/mol. The Labute approximate surface area is 299 Å². The summed E-state index contributed by atoms with van der Waals surface area (Å²) in [6.07, 6.45) is 35.6. The zero-order chi connectivity index (χ0) is 36.4. The van der Waals surface area contributed by atoms with Crippen molar-refractivity contribution in [1.29, 1.82) is 0 Å². The van der Waals surface area contributed by atoms with Gasteiger partial charge in [-0.25, -0.2) is 0 Å². The van der Waals surface area contributed by atoms with E-state index in [0.29, 0.717) is 12.8 Å². The second-order valence-corrected chi connectivity index (χ2v) is 13.8. The Kier molecular flexibility index (Phi) is 30.7. The van der Waals surface area contributed by atoms with E-state index < -0.39 is 18.1 Å². The third kappa shape index (κ3) is 31.0. The number of carboxylic acids is 1. The van der Waals surface area contributed by atoms with Gasteiger partial charge in [0.2, 0.25) is 0 Å². The first-order valence-corrected chi connectivity index (χ1v) is 19.2. The molecule has 0 rings (SSSR count). The van der Waals surface area contributed by atoms with Crippen LogP contribution in [0.4, 0.5) is 0 Å². The molecule has 0 radical (unpaired) electrons. The highest BCUT2D eigenvalue weighted by molar-refractivity contribution is 5.70. The Balaban J connectivity index is 4.49. The lowest BCUT2D eigenvalue weighted by Gasteiger charge is -2.34. The van der Waals surface area contributed by atoms with Crippen LogP contribution in [0.25, 0.3) is 0 Å². The molecule has 8 nitrogen and oxygen atoms in total. The van der Waals surface area contributed by atoms with Gasteiger partial charge in [-0.2, -0.15) is 0 Å². The van der Waals surface area contributed by atoms with E-state index in [9.17, 15) is 19.5 Å². The molecule has 0 bridgehead atoms. The molecule has 2 unspecified atom stereocenters. The van der Waals surface area contributed by atoms with E-state index in [1.165, 1.54) is 25.7 Å². The van der Waals surface area contributed by atoms with Crippen molar-refractivity contribution in [1.82, 2.24) is 0 Å². The van der Waals surface area contributed by atoms with Crippen molar-refractivity contribution in [3.05, 3.63) is 48.6 Å². The lowest BCUT2D eigenvalue weighted by Crippen LogP contribution is -2.55. The number of ether oxygens (including phenoxy) is 3. The molecular formula is C41H71NO7. The number of rotatable bonds is 33. The minimum Gasteiger partial charge on any atom is -0.544 e. The summed E-state index contributed by atoms with van der Waals surface area (Å²) in [7, 11) is 5.38. The average molecular weight is 690 g/mol. The summed E-state index contributed by atoms with van der Waals surface area (Å²) < 4.78 is 17.0. The van der Waals surface area contributed by atoms with Crippen molar-refractivity contribution in [3.63, 3.8) is 0 Å². The van der Waals surface area contributed by atoms with Gasteiger partial charge in [0.05, 0.1) is 40.3 Å². The Morgan fingerprint density at radius 2 is 1.14 bits per heavy atom. The van der Waals surface area contributed by atoms with Crippen LogP contribution in [0.5, 0.6) is 0 Å². The summed E-state index contributed by atoms with van der Waals surface area (Å²) in [6.45, 7) is 4.45. The molecule has 0 saturated heterocycles. The van der Waals surface area contributed by atoms with Crippen molar-refractivity contribution < 1.29 is 38.2 Å². The quantitative estimate of drug-likeness (QED) is 0.0295. The number of allylic oxidation sites excluding steroid dienone is 8. The number of hydrogen-bond donors (Lipinski definition) is 0. The molecule has 0 aromatic heterocycles. The highest BCUT2D eigenvalue weighted by Gasteiger charge is 2.25. The van der Waals surface area contributed by atoms with Crippen LogP contribution in [0, 0.1) is 0 Å². The number of unbranched alkanes of at least 4 members (excludes halogenated alkanes) is 11. The molecule has 0 aromatic carbocycles. The van der Waals surface area contributed by atoms with Crippen LogP contribution in [0.1, 0.15) is 142 Å². The number of quaternary nitrogens is 1. The summed E-state index contributed by atoms with van der Waals surface area (Å²) in [5.74, 6) is -1.79. The highest BCUT2D eigenvalue weighted by Crippen LogP contribution is 2.12. The van der Waals surface area contributed by atoms with E-state index >= 15 is 0 Å². The molecule has 0 fully saturated rings. The first-order chi connectivity index (χ1) is 23.6. The lowest BCUT2D eigenvalue weighted by molar-refractivity contribution is -0.889. The molecule has 0 N–H and O–H groups in total. The fraction of sp³-hybridized carbons (Fsp3) is 0.732. The molecule has 0 saturated carbocycles. The fourth-order valence-corrected chi connectivity index (χ4v) is 5.18. The van der Waals surface area contributed by atoms with Crippen LogP contribution in [-0.4, -0.2) is 75.5 Å². The molecule has 8 heteroatoms. The third-order valence-corrected chi connectivity index (χ3v) is 8.20. The summed E-state index contributed by atoms with van der Waals surface area (Å²) in [6, 6.07) is -0.730. The van der Waals surface area contributed by atoms with Crippen LogP contribution in [0.2, 0.25) is 0 Å². The lowest BCUT2D eigenvalue weighted by atomic mass is 10.1. The smallest absolute Gasteiger partial charge is 0.306 e. The number of carboxylic acid groups (broad SMARTS) is 1. The normalized spacial score (nSPS) is 13.6. The van der Waals surface area contributed by atoms with E-state index in [0.717, 1.165) is 83.5 Å². The van der Waals surface area contributed by atoms with Gasteiger partial charge in [0.15, 0.2) is 6.10 Å². The fourth-order valence-electron chi connectivity index (χ4n) is 5.18. The maximum Gasteiger partial charge on any atom is 0.306 e. The minimum absolute atomic E-state index is 0.0276. The molecule has 0 aliphatic heterocycles. The van der Waals surface area contributed by atoms with Gasteiger partial charge in [-0.3, -0.25) is 9.59 Å². The van der Waals surface area contributed by atoms with Crippen LogP contribution >= 0.6 is 0 Å². The Morgan fingerprint density at radius 3 is 1.71 bits per heavy atom. The number of likely N-dealkylation sites (N-methyl/N-ethyl adjacent to an activating group) is 1. The monoisotopic (exact) mass is 690 g/mol. The average Bonchev–Trinajstić information content (AvgIpc) is 3.05. The van der Waals surface area contributed by atoms with Gasteiger partial charge >= 0.3 is 11.9 Å². The zero-order valence-electron chi connectivity index (χ0n) is 31.8. The Morgan fingerprint density at radius 1 is 0.633 bits per heavy atom. The molecule has 0 amide bonds. The largest absolute Gasteiger partial charge is 0.544 e. The Hall–Kier alpha value is -2.71. The molecule has 282 valence electrons. The molecule has 2 atom stereocenters. The Bertz CT molecular complexity index is 948. The van der Waals surface area contributed by atoms with E-state index in [4.69, 9.17) is 14.2 Å². The van der Waals surface area contributed by atoms with Crippen molar-refractivity contribution >= 4 is 17.9 Å². The summed E-state index contributed by atoms with van der Waals surface area (Å²) in [5, 5.41) is 11.6. The number of carbonyl (C=O) groups is 3. The molecule has 0 heterocycles. The van der Waals surface area contributed by atoms with Gasteiger partial charge in [-0.1, -0.05) is 107 Å². The van der Waals surface area contributed by atoms with Crippen molar-refractivity contribution in [2.75, 3.05) is 41.0 Å². The number of aliphatic carboxylic acids is 1. The van der Waals surface area contributed by atoms with Crippen molar-refractivity contribution in [2.24, 2.45) is 0 Å². The summed E-state index contributed by atoms with van der Waals surface area (Å²) >= 11 is 0. The van der Waals surface area contributed by atoms with Gasteiger partial charge in [-0.05, 0) is 64.2 Å². The van der Waals surface area contributed by atoms with Crippen molar-refractivity contribution in [3.8, 4) is 0 Å². The second kappa shape index (κ2) is 32.5. The van der Waals surface area contributed by atoms with Crippen molar-refractivity contribution in [2.45, 2.75) is 154 Å². The second-order valence-electron chi connectivity index (χ2n) is 13.8. The van der Waals surface area contributed by atoms with Gasteiger partial charge in [-0.15, -0.1) is 0 Å². The number of esters is 2. The summed E-state index contributed by atoms with van der Waals surface area (Å²) in [4.78, 5) is 36.6. The van der Waals surface area contributed by atoms with Gasteiger partial charge in [0.1, 0.15) is 12.6 Å². The minimum atomic E-state index is -1.13. The van der Waals surface area contributed by atoms with Gasteiger partial charge in [0.25, 0.3) is 0 Å². The number of carbonyl (C=O) groups excluding carboxylic acids is 3. The van der Waals surface area contributed by atoms with E-state index in [-0.39, 0.29) is 42.7 Å². The third-order valence-electron chi connectivity index (χ3n) is 8.20. The molecule has 0 spiro atoms. The highest BCUT2D eigenvalue weighted by atomic mass is 16.6. The molecule has 0 aliphatic carbocycles. The maximum atomic E-state index is 12.6. The van der Waals surface area contributed by atoms with E-state index in [1.807, 2.05) is 0 Å². The first-order valence-electron chi connectivity index (χ1n) is 19.2. The molecule has 0 aliphatic rings. The predicted molar refractivity (Wildman–Crippen MR) is 199 cm³/mol. The first kappa shape index (κ1) is 46.3. The zero-order valence-corrected chi connectivity index (χ0v) is 31.8.